The standard InChI is InChI=1S/C25H35ClO2/c26-24-17-16-22(23(24)10-6-1-2-7-11-25(27)28)21-14-12-20(13-15-21)18-19-8-4-3-5-9-19/h1,6,12-15,19,22-24H,2-5,7-11,16-18H2,(H,27,28)/b6-1-/t22-,23-,24?/m1/s1. The summed E-state index contributed by atoms with van der Waals surface area (Å²) in [5.74, 6) is 1.21. The van der Waals surface area contributed by atoms with Crippen molar-refractivity contribution >= 4 is 17.6 Å². The average Bonchev–Trinajstić information content (AvgIpc) is 3.06. The summed E-state index contributed by atoms with van der Waals surface area (Å²) in [5.41, 5.74) is 2.94. The van der Waals surface area contributed by atoms with Gasteiger partial charge in [-0.2, -0.15) is 0 Å². The van der Waals surface area contributed by atoms with Crippen LogP contribution in [-0.2, 0) is 11.2 Å². The first kappa shape index (κ1) is 21.4. The molecule has 1 aromatic carbocycles. The quantitative estimate of drug-likeness (QED) is 0.271. The zero-order chi connectivity index (χ0) is 19.8. The number of benzene rings is 1. The molecule has 2 aliphatic carbocycles. The Hall–Kier alpha value is -1.28. The highest BCUT2D eigenvalue weighted by Crippen LogP contribution is 2.44. The normalized spacial score (nSPS) is 26.1. The van der Waals surface area contributed by atoms with E-state index in [1.54, 1.807) is 0 Å². The number of carboxylic acid groups (broad SMARTS) is 1. The fourth-order valence-corrected chi connectivity index (χ4v) is 5.52. The Bertz CT molecular complexity index is 630. The predicted molar refractivity (Wildman–Crippen MR) is 117 cm³/mol. The molecule has 3 rings (SSSR count). The first-order chi connectivity index (χ1) is 13.6. The van der Waals surface area contributed by atoms with E-state index in [2.05, 4.69) is 36.4 Å². The first-order valence-electron chi connectivity index (χ1n) is 11.2. The zero-order valence-corrected chi connectivity index (χ0v) is 17.7. The van der Waals surface area contributed by atoms with Crippen LogP contribution in [0.4, 0.5) is 0 Å². The summed E-state index contributed by atoms with van der Waals surface area (Å²) < 4.78 is 0. The maximum atomic E-state index is 10.6. The minimum atomic E-state index is -0.711. The van der Waals surface area contributed by atoms with Crippen molar-refractivity contribution in [3.63, 3.8) is 0 Å². The molecular weight excluding hydrogens is 368 g/mol. The fraction of sp³-hybridized carbons (Fsp3) is 0.640. The minimum Gasteiger partial charge on any atom is -0.481 e. The summed E-state index contributed by atoms with van der Waals surface area (Å²) in [6.45, 7) is 0. The van der Waals surface area contributed by atoms with Gasteiger partial charge in [0.25, 0.3) is 0 Å². The highest BCUT2D eigenvalue weighted by molar-refractivity contribution is 6.21. The molecule has 154 valence electrons. The van der Waals surface area contributed by atoms with Gasteiger partial charge in [0.15, 0.2) is 0 Å². The number of carbonyl (C=O) groups is 1. The fourth-order valence-electron chi connectivity index (χ4n) is 5.11. The number of allylic oxidation sites excluding steroid dienone is 2. The number of hydrogen-bond donors (Lipinski definition) is 1. The lowest BCUT2D eigenvalue weighted by molar-refractivity contribution is -0.137. The van der Waals surface area contributed by atoms with Crippen molar-refractivity contribution in [1.29, 1.82) is 0 Å². The third-order valence-corrected chi connectivity index (χ3v) is 7.27. The first-order valence-corrected chi connectivity index (χ1v) is 11.7. The molecule has 0 bridgehead atoms. The van der Waals surface area contributed by atoms with Crippen LogP contribution in [-0.4, -0.2) is 16.5 Å². The molecule has 1 unspecified atom stereocenters. The van der Waals surface area contributed by atoms with Gasteiger partial charge in [0.1, 0.15) is 0 Å². The minimum absolute atomic E-state index is 0.246. The molecule has 2 aliphatic rings. The van der Waals surface area contributed by atoms with E-state index in [1.165, 1.54) is 56.1 Å². The lowest BCUT2D eigenvalue weighted by atomic mass is 9.83. The molecule has 1 aromatic rings. The molecule has 3 heteroatoms. The molecule has 0 radical (unpaired) electrons. The van der Waals surface area contributed by atoms with Crippen LogP contribution in [0.25, 0.3) is 0 Å². The highest BCUT2D eigenvalue weighted by atomic mass is 35.5. The highest BCUT2D eigenvalue weighted by Gasteiger charge is 2.34. The third-order valence-electron chi connectivity index (χ3n) is 6.73. The second kappa shape index (κ2) is 11.0. The molecule has 1 N–H and O–H groups in total. The molecule has 0 aliphatic heterocycles. The Balaban J connectivity index is 1.52. The lowest BCUT2D eigenvalue weighted by Crippen LogP contribution is -2.13. The van der Waals surface area contributed by atoms with Gasteiger partial charge in [0.05, 0.1) is 0 Å². The van der Waals surface area contributed by atoms with Crippen LogP contribution in [0, 0.1) is 11.8 Å². The average molecular weight is 403 g/mol. The Morgan fingerprint density at radius 1 is 1.04 bits per heavy atom. The van der Waals surface area contributed by atoms with Gasteiger partial charge in [0, 0.05) is 11.8 Å². The van der Waals surface area contributed by atoms with Crippen LogP contribution in [0.2, 0.25) is 0 Å². The van der Waals surface area contributed by atoms with Crippen molar-refractivity contribution in [3.8, 4) is 0 Å². The number of alkyl halides is 1. The molecular formula is C25H35ClO2. The Kier molecular flexibility index (Phi) is 8.45. The maximum Gasteiger partial charge on any atom is 0.303 e. The van der Waals surface area contributed by atoms with Gasteiger partial charge in [-0.25, -0.2) is 0 Å². The SMILES string of the molecule is O=C(O)CCC/C=C\C[C@H]1C(Cl)CC[C@@H]1c1ccc(CC2CCCCC2)cc1. The van der Waals surface area contributed by atoms with E-state index in [0.29, 0.717) is 18.3 Å². The molecule has 2 saturated carbocycles. The molecule has 3 atom stereocenters. The van der Waals surface area contributed by atoms with Crippen LogP contribution in [0.15, 0.2) is 36.4 Å². The van der Waals surface area contributed by atoms with Gasteiger partial charge in [-0.15, -0.1) is 11.6 Å². The second-order valence-corrected chi connectivity index (χ2v) is 9.37. The van der Waals surface area contributed by atoms with Crippen molar-refractivity contribution in [2.24, 2.45) is 11.8 Å². The van der Waals surface area contributed by atoms with Crippen LogP contribution >= 0.6 is 11.6 Å². The van der Waals surface area contributed by atoms with E-state index in [9.17, 15) is 4.79 Å². The number of carboxylic acids is 1. The second-order valence-electron chi connectivity index (χ2n) is 8.81. The van der Waals surface area contributed by atoms with E-state index >= 15 is 0 Å². The topological polar surface area (TPSA) is 37.3 Å². The molecule has 0 aromatic heterocycles. The maximum absolute atomic E-state index is 10.6. The summed E-state index contributed by atoms with van der Waals surface area (Å²) >= 11 is 6.65. The van der Waals surface area contributed by atoms with Gasteiger partial charge >= 0.3 is 5.97 Å². The van der Waals surface area contributed by atoms with Gasteiger partial charge in [-0.1, -0.05) is 68.5 Å². The number of hydrogen-bond acceptors (Lipinski definition) is 1. The smallest absolute Gasteiger partial charge is 0.303 e. The van der Waals surface area contributed by atoms with E-state index in [0.717, 1.165) is 25.2 Å². The number of rotatable bonds is 9. The van der Waals surface area contributed by atoms with Crippen molar-refractivity contribution in [2.75, 3.05) is 0 Å². The van der Waals surface area contributed by atoms with Crippen LogP contribution in [0.5, 0.6) is 0 Å². The van der Waals surface area contributed by atoms with E-state index < -0.39 is 5.97 Å². The number of halogens is 1. The summed E-state index contributed by atoms with van der Waals surface area (Å²) in [4.78, 5) is 10.6. The Morgan fingerprint density at radius 3 is 2.50 bits per heavy atom. The molecule has 2 nitrogen and oxygen atoms in total. The van der Waals surface area contributed by atoms with Crippen molar-refractivity contribution in [1.82, 2.24) is 0 Å². The van der Waals surface area contributed by atoms with Gasteiger partial charge in [-0.3, -0.25) is 4.79 Å². The number of unbranched alkanes of at least 4 members (excludes halogenated alkanes) is 1. The molecule has 0 saturated heterocycles. The molecule has 28 heavy (non-hydrogen) atoms. The molecule has 2 fully saturated rings. The summed E-state index contributed by atoms with van der Waals surface area (Å²) in [6, 6.07) is 9.40. The summed E-state index contributed by atoms with van der Waals surface area (Å²) in [5, 5.41) is 8.95. The van der Waals surface area contributed by atoms with Crippen LogP contribution in [0.1, 0.15) is 87.7 Å². The monoisotopic (exact) mass is 402 g/mol. The van der Waals surface area contributed by atoms with Gasteiger partial charge < -0.3 is 5.11 Å². The number of aliphatic carboxylic acids is 1. The summed E-state index contributed by atoms with van der Waals surface area (Å²) in [6.07, 6.45) is 17.7. The van der Waals surface area contributed by atoms with Crippen molar-refractivity contribution < 1.29 is 9.90 Å². The zero-order valence-electron chi connectivity index (χ0n) is 17.0. The molecule has 0 spiro atoms. The van der Waals surface area contributed by atoms with Crippen LogP contribution < -0.4 is 0 Å². The van der Waals surface area contributed by atoms with Crippen LogP contribution in [0.3, 0.4) is 0 Å². The largest absolute Gasteiger partial charge is 0.481 e. The molecule has 0 amide bonds. The van der Waals surface area contributed by atoms with Crippen molar-refractivity contribution in [2.45, 2.75) is 88.3 Å². The van der Waals surface area contributed by atoms with Gasteiger partial charge in [0.2, 0.25) is 0 Å². The Labute approximate surface area is 175 Å². The van der Waals surface area contributed by atoms with E-state index in [1.807, 2.05) is 0 Å². The summed E-state index contributed by atoms with van der Waals surface area (Å²) in [7, 11) is 0. The van der Waals surface area contributed by atoms with E-state index in [4.69, 9.17) is 16.7 Å². The van der Waals surface area contributed by atoms with Gasteiger partial charge in [-0.05, 0) is 67.4 Å². The van der Waals surface area contributed by atoms with E-state index in [-0.39, 0.29) is 11.8 Å². The third kappa shape index (κ3) is 6.37. The lowest BCUT2D eigenvalue weighted by Gasteiger charge is -2.23. The van der Waals surface area contributed by atoms with Crippen molar-refractivity contribution in [3.05, 3.63) is 47.5 Å². The molecule has 0 heterocycles. The predicted octanol–water partition coefficient (Wildman–Crippen LogP) is 7.11. The Morgan fingerprint density at radius 2 is 1.79 bits per heavy atom.